The minimum absolute atomic E-state index is 0.332. The smallest absolute Gasteiger partial charge is 0.194 e. The lowest BCUT2D eigenvalue weighted by Gasteiger charge is -2.37. The second kappa shape index (κ2) is 3.47. The highest BCUT2D eigenvalue weighted by Crippen LogP contribution is 2.50. The first kappa shape index (κ1) is 10.4. The van der Waals surface area contributed by atoms with Crippen LogP contribution in [0.1, 0.15) is 36.0 Å². The molecule has 4 rings (SSSR count). The van der Waals surface area contributed by atoms with Gasteiger partial charge in [0, 0.05) is 17.8 Å². The van der Waals surface area contributed by atoms with Gasteiger partial charge >= 0.3 is 0 Å². The van der Waals surface area contributed by atoms with Crippen LogP contribution in [0.3, 0.4) is 0 Å². The fraction of sp³-hybridized carbons (Fsp3) is 0.438. The summed E-state index contributed by atoms with van der Waals surface area (Å²) in [6, 6.07) is 8.09. The third-order valence-electron chi connectivity index (χ3n) is 4.89. The quantitative estimate of drug-likeness (QED) is 0.701. The first-order valence-electron chi connectivity index (χ1n) is 6.93. The maximum absolute atomic E-state index is 12.9. The average Bonchev–Trinajstić information content (AvgIpc) is 3.09. The lowest BCUT2D eigenvalue weighted by molar-refractivity contribution is 0.0893. The predicted octanol–water partition coefficient (Wildman–Crippen LogP) is 3.19. The van der Waals surface area contributed by atoms with Gasteiger partial charge in [0.15, 0.2) is 5.78 Å². The van der Waals surface area contributed by atoms with Crippen molar-refractivity contribution in [2.24, 2.45) is 5.92 Å². The summed E-state index contributed by atoms with van der Waals surface area (Å²) >= 11 is 0. The molecule has 1 saturated carbocycles. The fourth-order valence-electron chi connectivity index (χ4n) is 4.10. The molecule has 92 valence electrons. The first-order chi connectivity index (χ1) is 8.84. The minimum atomic E-state index is -0.333. The number of rotatable bonds is 1. The van der Waals surface area contributed by atoms with E-state index in [1.54, 1.807) is 0 Å². The number of ketones is 1. The number of carbonyl (C=O) groups is 1. The third kappa shape index (κ3) is 1.07. The maximum Gasteiger partial charge on any atom is 0.194 e. The van der Waals surface area contributed by atoms with E-state index in [9.17, 15) is 4.79 Å². The Morgan fingerprint density at radius 2 is 1.94 bits per heavy atom. The molecule has 0 amide bonds. The molecule has 0 aromatic heterocycles. The predicted molar refractivity (Wildman–Crippen MR) is 71.9 cm³/mol. The fourth-order valence-corrected chi connectivity index (χ4v) is 4.10. The number of para-hydroxylation sites is 1. The zero-order valence-electron chi connectivity index (χ0n) is 10.4. The molecule has 1 aliphatic carbocycles. The van der Waals surface area contributed by atoms with Crippen LogP contribution in [-0.2, 0) is 0 Å². The van der Waals surface area contributed by atoms with Crippen LogP contribution in [0.2, 0.25) is 0 Å². The molecular formula is C16H17NO. The molecule has 18 heavy (non-hydrogen) atoms. The molecule has 2 heteroatoms. The summed E-state index contributed by atoms with van der Waals surface area (Å²) in [5, 5.41) is 0. The van der Waals surface area contributed by atoms with Crippen LogP contribution in [0.5, 0.6) is 0 Å². The second-order valence-electron chi connectivity index (χ2n) is 5.67. The Morgan fingerprint density at radius 3 is 2.78 bits per heavy atom. The Balaban J connectivity index is 1.88. The summed E-state index contributed by atoms with van der Waals surface area (Å²) in [6.45, 7) is 0.888. The molecule has 3 aliphatic rings. The van der Waals surface area contributed by atoms with Crippen molar-refractivity contribution in [3.8, 4) is 0 Å². The lowest BCUT2D eigenvalue weighted by Crippen LogP contribution is -2.51. The van der Waals surface area contributed by atoms with E-state index in [0.29, 0.717) is 11.7 Å². The maximum atomic E-state index is 12.9. The lowest BCUT2D eigenvalue weighted by atomic mass is 9.79. The van der Waals surface area contributed by atoms with Gasteiger partial charge in [-0.05, 0) is 30.9 Å². The van der Waals surface area contributed by atoms with Crippen molar-refractivity contribution in [1.29, 1.82) is 0 Å². The Bertz CT molecular complexity index is 542. The molecule has 1 atom stereocenters. The van der Waals surface area contributed by atoms with E-state index in [4.69, 9.17) is 0 Å². The zero-order valence-corrected chi connectivity index (χ0v) is 10.4. The highest BCUT2D eigenvalue weighted by molar-refractivity contribution is 6.16. The van der Waals surface area contributed by atoms with Crippen molar-refractivity contribution >= 4 is 11.5 Å². The van der Waals surface area contributed by atoms with Crippen LogP contribution in [0.4, 0.5) is 5.69 Å². The Hall–Kier alpha value is -1.57. The SMILES string of the molecule is O=C1c2ccccc2N2CC=CC12C1CCCC1. The summed E-state index contributed by atoms with van der Waals surface area (Å²) in [4.78, 5) is 15.2. The van der Waals surface area contributed by atoms with Gasteiger partial charge in [-0.3, -0.25) is 4.79 Å². The summed E-state index contributed by atoms with van der Waals surface area (Å²) in [6.07, 6.45) is 9.30. The normalized spacial score (nSPS) is 30.0. The van der Waals surface area contributed by atoms with E-state index in [0.717, 1.165) is 17.8 Å². The van der Waals surface area contributed by atoms with Gasteiger partial charge < -0.3 is 4.90 Å². The van der Waals surface area contributed by atoms with Crippen LogP contribution in [0.15, 0.2) is 36.4 Å². The van der Waals surface area contributed by atoms with Gasteiger partial charge in [-0.2, -0.15) is 0 Å². The van der Waals surface area contributed by atoms with E-state index >= 15 is 0 Å². The van der Waals surface area contributed by atoms with E-state index in [-0.39, 0.29) is 5.54 Å². The highest BCUT2D eigenvalue weighted by Gasteiger charge is 2.55. The topological polar surface area (TPSA) is 20.3 Å². The van der Waals surface area contributed by atoms with Crippen molar-refractivity contribution < 1.29 is 4.79 Å². The number of nitrogens with zero attached hydrogens (tertiary/aromatic N) is 1. The van der Waals surface area contributed by atoms with Crippen molar-refractivity contribution in [3.63, 3.8) is 0 Å². The highest BCUT2D eigenvalue weighted by atomic mass is 16.1. The molecule has 0 saturated heterocycles. The summed E-state index contributed by atoms with van der Waals surface area (Å²) in [5.41, 5.74) is 1.73. The molecule has 1 fully saturated rings. The van der Waals surface area contributed by atoms with Crippen LogP contribution in [0.25, 0.3) is 0 Å². The monoisotopic (exact) mass is 239 g/mol. The molecule has 0 N–H and O–H groups in total. The van der Waals surface area contributed by atoms with Crippen LogP contribution < -0.4 is 4.90 Å². The van der Waals surface area contributed by atoms with Gasteiger partial charge in [-0.25, -0.2) is 0 Å². The summed E-state index contributed by atoms with van der Waals surface area (Å²) in [5.74, 6) is 0.843. The molecule has 0 spiro atoms. The molecular weight excluding hydrogens is 222 g/mol. The number of hydrogen-bond donors (Lipinski definition) is 0. The number of anilines is 1. The third-order valence-corrected chi connectivity index (χ3v) is 4.89. The Kier molecular flexibility index (Phi) is 2.00. The molecule has 2 heterocycles. The first-order valence-corrected chi connectivity index (χ1v) is 6.93. The molecule has 0 radical (unpaired) electrons. The summed E-state index contributed by atoms with van der Waals surface area (Å²) in [7, 11) is 0. The van der Waals surface area contributed by atoms with Gasteiger partial charge in [-0.15, -0.1) is 0 Å². The van der Waals surface area contributed by atoms with Crippen LogP contribution in [-0.4, -0.2) is 17.9 Å². The molecule has 2 aliphatic heterocycles. The van der Waals surface area contributed by atoms with Crippen molar-refractivity contribution in [2.75, 3.05) is 11.4 Å². The minimum Gasteiger partial charge on any atom is -0.351 e. The van der Waals surface area contributed by atoms with E-state index in [1.165, 1.54) is 25.7 Å². The van der Waals surface area contributed by atoms with E-state index in [2.05, 4.69) is 23.1 Å². The number of fused-ring (bicyclic) bond motifs is 3. The van der Waals surface area contributed by atoms with Gasteiger partial charge in [0.2, 0.25) is 0 Å². The zero-order chi connectivity index (χ0) is 12.2. The van der Waals surface area contributed by atoms with Gasteiger partial charge in [0.05, 0.1) is 0 Å². The molecule has 0 bridgehead atoms. The van der Waals surface area contributed by atoms with Crippen LogP contribution in [0, 0.1) is 5.92 Å². The Labute approximate surface area is 107 Å². The number of hydrogen-bond acceptors (Lipinski definition) is 2. The molecule has 1 aromatic rings. The molecule has 1 aromatic carbocycles. The second-order valence-corrected chi connectivity index (χ2v) is 5.67. The van der Waals surface area contributed by atoms with Crippen molar-refractivity contribution in [1.82, 2.24) is 0 Å². The van der Waals surface area contributed by atoms with E-state index < -0.39 is 0 Å². The van der Waals surface area contributed by atoms with Crippen molar-refractivity contribution in [2.45, 2.75) is 31.2 Å². The average molecular weight is 239 g/mol. The van der Waals surface area contributed by atoms with Crippen molar-refractivity contribution in [3.05, 3.63) is 42.0 Å². The molecule has 2 nitrogen and oxygen atoms in total. The standard InChI is InChI=1S/C16H17NO/c18-15-13-8-3-4-9-14(13)17-11-5-10-16(15,17)12-6-1-2-7-12/h3-5,8-10,12H,1-2,6-7,11H2. The number of Topliss-reactive ketones (excluding diaryl/α,β-unsaturated/α-hetero) is 1. The largest absolute Gasteiger partial charge is 0.351 e. The number of benzene rings is 1. The Morgan fingerprint density at radius 1 is 1.17 bits per heavy atom. The number of carbonyl (C=O) groups excluding carboxylic acids is 1. The van der Waals surface area contributed by atoms with Gasteiger partial charge in [0.1, 0.15) is 5.54 Å². The molecule has 1 unspecified atom stereocenters. The van der Waals surface area contributed by atoms with Gasteiger partial charge in [0.25, 0.3) is 0 Å². The van der Waals surface area contributed by atoms with Crippen LogP contribution >= 0.6 is 0 Å². The van der Waals surface area contributed by atoms with E-state index in [1.807, 2.05) is 18.2 Å². The summed E-state index contributed by atoms with van der Waals surface area (Å²) < 4.78 is 0. The van der Waals surface area contributed by atoms with Gasteiger partial charge in [-0.1, -0.05) is 37.1 Å².